The highest BCUT2D eigenvalue weighted by atomic mass is 16.5. The predicted octanol–water partition coefficient (Wildman–Crippen LogP) is 3.15. The number of nitrogens with zero attached hydrogens (tertiary/aromatic N) is 2. The van der Waals surface area contributed by atoms with Crippen LogP contribution in [0.15, 0.2) is 42.5 Å². The molecule has 0 saturated carbocycles. The van der Waals surface area contributed by atoms with Crippen molar-refractivity contribution in [2.45, 2.75) is 24.9 Å². The van der Waals surface area contributed by atoms with Gasteiger partial charge in [0, 0.05) is 13.5 Å². The van der Waals surface area contributed by atoms with Gasteiger partial charge in [0.25, 0.3) is 0 Å². The van der Waals surface area contributed by atoms with E-state index in [0.29, 0.717) is 24.5 Å². The Labute approximate surface area is 169 Å². The van der Waals surface area contributed by atoms with Gasteiger partial charge in [-0.25, -0.2) is 4.79 Å². The number of carbonyl (C=O) groups is 2. The molecule has 7 nitrogen and oxygen atoms in total. The van der Waals surface area contributed by atoms with Crippen molar-refractivity contribution in [1.82, 2.24) is 4.90 Å². The number of likely N-dealkylation sites (tertiary alicyclic amines) is 1. The third-order valence-electron chi connectivity index (χ3n) is 6.05. The Kier molecular flexibility index (Phi) is 4.61. The minimum absolute atomic E-state index is 0.0842. The van der Waals surface area contributed by atoms with Crippen LogP contribution >= 0.6 is 0 Å². The average molecular weight is 396 g/mol. The summed E-state index contributed by atoms with van der Waals surface area (Å²) in [5.41, 5.74) is 2.12. The Bertz CT molecular complexity index is 975. The predicted molar refractivity (Wildman–Crippen MR) is 107 cm³/mol. The third kappa shape index (κ3) is 2.57. The number of rotatable bonds is 3. The standard InChI is InChI=1S/C22H24N2O5/c1-14(25)23-12-11-22(15-9-10-18(27-2)19(13-15)28-3)16-7-5-6-8-17(16)24(20(22)23)21(26)29-4/h5-10,13,20H,11-12H2,1-4H3/t20-,22-/m0/s1. The SMILES string of the molecule is COC(=O)N1c2ccccc2[C@@]2(c3ccc(OC)c(OC)c3)CCN(C(C)=O)[C@@H]12. The number of hydrogen-bond acceptors (Lipinski definition) is 5. The van der Waals surface area contributed by atoms with Crippen molar-refractivity contribution in [1.29, 1.82) is 0 Å². The monoisotopic (exact) mass is 396 g/mol. The highest BCUT2D eigenvalue weighted by molar-refractivity contribution is 5.94. The fourth-order valence-electron chi connectivity index (χ4n) is 4.83. The van der Waals surface area contributed by atoms with Crippen LogP contribution in [0.4, 0.5) is 10.5 Å². The van der Waals surface area contributed by atoms with E-state index in [0.717, 1.165) is 16.8 Å². The van der Waals surface area contributed by atoms with Crippen LogP contribution in [0.5, 0.6) is 11.5 Å². The van der Waals surface area contributed by atoms with Crippen LogP contribution in [0.2, 0.25) is 0 Å². The van der Waals surface area contributed by atoms with Gasteiger partial charge in [-0.1, -0.05) is 24.3 Å². The summed E-state index contributed by atoms with van der Waals surface area (Å²) in [5, 5.41) is 0. The number of anilines is 1. The van der Waals surface area contributed by atoms with Crippen molar-refractivity contribution in [3.63, 3.8) is 0 Å². The first-order valence-corrected chi connectivity index (χ1v) is 9.46. The van der Waals surface area contributed by atoms with Crippen LogP contribution in [0.25, 0.3) is 0 Å². The summed E-state index contributed by atoms with van der Waals surface area (Å²) in [6.45, 7) is 2.07. The lowest BCUT2D eigenvalue weighted by Crippen LogP contribution is -2.53. The number of amides is 2. The average Bonchev–Trinajstić information content (AvgIpc) is 3.27. The molecule has 2 aliphatic rings. The zero-order valence-electron chi connectivity index (χ0n) is 17.0. The molecule has 0 aromatic heterocycles. The van der Waals surface area contributed by atoms with Crippen molar-refractivity contribution >= 4 is 17.7 Å². The summed E-state index contributed by atoms with van der Waals surface area (Å²) < 4.78 is 16.0. The topological polar surface area (TPSA) is 68.3 Å². The molecule has 0 bridgehead atoms. The van der Waals surface area contributed by atoms with Crippen molar-refractivity contribution in [3.05, 3.63) is 53.6 Å². The lowest BCUT2D eigenvalue weighted by Gasteiger charge is -2.36. The molecule has 4 rings (SSSR count). The quantitative estimate of drug-likeness (QED) is 0.797. The number of benzene rings is 2. The summed E-state index contributed by atoms with van der Waals surface area (Å²) in [4.78, 5) is 28.6. The van der Waals surface area contributed by atoms with Gasteiger partial charge in [0.15, 0.2) is 11.5 Å². The Balaban J connectivity index is 1.99. The molecule has 2 atom stereocenters. The van der Waals surface area contributed by atoms with Crippen LogP contribution in [-0.4, -0.2) is 50.9 Å². The minimum atomic E-state index is -0.587. The summed E-state index contributed by atoms with van der Waals surface area (Å²) in [7, 11) is 4.54. The second-order valence-corrected chi connectivity index (χ2v) is 7.23. The van der Waals surface area contributed by atoms with E-state index < -0.39 is 17.7 Å². The number of hydrogen-bond donors (Lipinski definition) is 0. The largest absolute Gasteiger partial charge is 0.493 e. The molecule has 2 heterocycles. The zero-order valence-corrected chi connectivity index (χ0v) is 17.0. The molecule has 1 fully saturated rings. The molecular weight excluding hydrogens is 372 g/mol. The summed E-state index contributed by atoms with van der Waals surface area (Å²) in [6.07, 6.45) is -0.321. The van der Waals surface area contributed by atoms with E-state index >= 15 is 0 Å². The van der Waals surface area contributed by atoms with Crippen LogP contribution in [-0.2, 0) is 14.9 Å². The number of fused-ring (bicyclic) bond motifs is 3. The fourth-order valence-corrected chi connectivity index (χ4v) is 4.83. The normalized spacial score (nSPS) is 22.1. The maximum absolute atomic E-state index is 12.8. The van der Waals surface area contributed by atoms with Crippen molar-refractivity contribution < 1.29 is 23.8 Å². The van der Waals surface area contributed by atoms with Gasteiger partial charge in [0.05, 0.1) is 32.4 Å². The van der Waals surface area contributed by atoms with Gasteiger partial charge in [0.2, 0.25) is 5.91 Å². The Hall–Kier alpha value is -3.22. The number of methoxy groups -OCH3 is 3. The van der Waals surface area contributed by atoms with Gasteiger partial charge in [-0.2, -0.15) is 0 Å². The maximum Gasteiger partial charge on any atom is 0.415 e. The molecule has 152 valence electrons. The van der Waals surface area contributed by atoms with Gasteiger partial charge in [-0.05, 0) is 35.7 Å². The zero-order chi connectivity index (χ0) is 20.8. The molecule has 2 aromatic carbocycles. The minimum Gasteiger partial charge on any atom is -0.493 e. The van der Waals surface area contributed by atoms with E-state index in [4.69, 9.17) is 14.2 Å². The molecule has 0 N–H and O–H groups in total. The lowest BCUT2D eigenvalue weighted by atomic mass is 9.73. The first-order valence-electron chi connectivity index (χ1n) is 9.46. The van der Waals surface area contributed by atoms with Crippen LogP contribution in [0.3, 0.4) is 0 Å². The number of carbonyl (C=O) groups excluding carboxylic acids is 2. The molecule has 2 aliphatic heterocycles. The van der Waals surface area contributed by atoms with E-state index in [9.17, 15) is 9.59 Å². The fraction of sp³-hybridized carbons (Fsp3) is 0.364. The van der Waals surface area contributed by atoms with E-state index in [1.54, 1.807) is 24.0 Å². The third-order valence-corrected chi connectivity index (χ3v) is 6.05. The van der Waals surface area contributed by atoms with E-state index in [1.807, 2.05) is 42.5 Å². The molecule has 29 heavy (non-hydrogen) atoms. The van der Waals surface area contributed by atoms with Crippen LogP contribution < -0.4 is 14.4 Å². The number of ether oxygens (including phenoxy) is 3. The highest BCUT2D eigenvalue weighted by Gasteiger charge is 2.61. The molecule has 1 saturated heterocycles. The second kappa shape index (κ2) is 6.99. The molecule has 0 aliphatic carbocycles. The summed E-state index contributed by atoms with van der Waals surface area (Å²) >= 11 is 0. The van der Waals surface area contributed by atoms with Gasteiger partial charge in [-0.3, -0.25) is 9.69 Å². The molecule has 2 amide bonds. The lowest BCUT2D eigenvalue weighted by molar-refractivity contribution is -0.129. The molecule has 2 aromatic rings. The van der Waals surface area contributed by atoms with Gasteiger partial charge in [0.1, 0.15) is 6.17 Å². The van der Waals surface area contributed by atoms with Crippen LogP contribution in [0, 0.1) is 0 Å². The summed E-state index contributed by atoms with van der Waals surface area (Å²) in [6, 6.07) is 13.5. The smallest absolute Gasteiger partial charge is 0.415 e. The maximum atomic E-state index is 12.8. The van der Waals surface area contributed by atoms with Crippen molar-refractivity contribution in [2.24, 2.45) is 0 Å². The highest BCUT2D eigenvalue weighted by Crippen LogP contribution is 2.56. The Morgan fingerprint density at radius 2 is 1.76 bits per heavy atom. The van der Waals surface area contributed by atoms with Gasteiger partial charge < -0.3 is 19.1 Å². The Morgan fingerprint density at radius 3 is 2.41 bits per heavy atom. The van der Waals surface area contributed by atoms with Crippen molar-refractivity contribution in [2.75, 3.05) is 32.8 Å². The Morgan fingerprint density at radius 1 is 1.03 bits per heavy atom. The molecular formula is C22H24N2O5. The first-order chi connectivity index (χ1) is 14.0. The summed E-state index contributed by atoms with van der Waals surface area (Å²) in [5.74, 6) is 1.15. The second-order valence-electron chi connectivity index (χ2n) is 7.23. The van der Waals surface area contributed by atoms with Crippen molar-refractivity contribution in [3.8, 4) is 11.5 Å². The van der Waals surface area contributed by atoms with E-state index in [1.165, 1.54) is 14.0 Å². The van der Waals surface area contributed by atoms with E-state index in [2.05, 4.69) is 0 Å². The molecule has 7 heteroatoms. The van der Waals surface area contributed by atoms with Gasteiger partial charge in [-0.15, -0.1) is 0 Å². The van der Waals surface area contributed by atoms with E-state index in [-0.39, 0.29) is 5.91 Å². The van der Waals surface area contributed by atoms with Gasteiger partial charge >= 0.3 is 6.09 Å². The molecule has 0 radical (unpaired) electrons. The molecule has 0 unspecified atom stereocenters. The molecule has 0 spiro atoms. The number of para-hydroxylation sites is 1. The first kappa shape index (κ1) is 19.1. The van der Waals surface area contributed by atoms with Crippen LogP contribution in [0.1, 0.15) is 24.5 Å².